The number of aromatic amines is 1. The van der Waals surface area contributed by atoms with Gasteiger partial charge in [-0.1, -0.05) is 6.42 Å². The number of aryl methyl sites for hydroxylation is 2. The lowest BCUT2D eigenvalue weighted by Gasteiger charge is -2.28. The highest BCUT2D eigenvalue weighted by atomic mass is 19.1. The predicted molar refractivity (Wildman–Crippen MR) is 129 cm³/mol. The third-order valence-electron chi connectivity index (χ3n) is 6.30. The highest BCUT2D eigenvalue weighted by Gasteiger charge is 2.17. The normalized spacial score (nSPS) is 15.6. The summed E-state index contributed by atoms with van der Waals surface area (Å²) in [6.45, 7) is 6.68. The number of H-pyrrole nitrogens is 1. The van der Waals surface area contributed by atoms with E-state index in [2.05, 4.69) is 20.1 Å². The lowest BCUT2D eigenvalue weighted by atomic mass is 10.1. The van der Waals surface area contributed by atoms with Crippen molar-refractivity contribution in [3.63, 3.8) is 0 Å². The summed E-state index contributed by atoms with van der Waals surface area (Å²) in [7, 11) is 0. The monoisotopic (exact) mass is 464 g/mol. The zero-order valence-corrected chi connectivity index (χ0v) is 19.5. The Labute approximate surface area is 197 Å². The Bertz CT molecular complexity index is 1320. The first kappa shape index (κ1) is 22.6. The van der Waals surface area contributed by atoms with Crippen molar-refractivity contribution >= 4 is 21.8 Å². The maximum Gasteiger partial charge on any atom is 0.175 e. The summed E-state index contributed by atoms with van der Waals surface area (Å²) in [5.41, 5.74) is 3.04. The van der Waals surface area contributed by atoms with Gasteiger partial charge in [0.2, 0.25) is 0 Å². The molecule has 178 valence electrons. The maximum absolute atomic E-state index is 15.0. The number of rotatable bonds is 7. The van der Waals surface area contributed by atoms with Gasteiger partial charge >= 0.3 is 0 Å². The van der Waals surface area contributed by atoms with E-state index >= 15 is 4.39 Å². The van der Waals surface area contributed by atoms with Gasteiger partial charge in [-0.05, 0) is 69.6 Å². The van der Waals surface area contributed by atoms with Crippen LogP contribution in [0, 0.1) is 19.7 Å². The molecule has 2 aromatic carbocycles. The van der Waals surface area contributed by atoms with Gasteiger partial charge in [-0.3, -0.25) is 0 Å². The minimum Gasteiger partial charge on any atom is -0.490 e. The molecule has 1 aliphatic rings. The van der Waals surface area contributed by atoms with Crippen molar-refractivity contribution in [2.45, 2.75) is 39.2 Å². The summed E-state index contributed by atoms with van der Waals surface area (Å²) in [4.78, 5) is 5.41. The van der Waals surface area contributed by atoms with Crippen molar-refractivity contribution in [2.75, 3.05) is 26.2 Å². The summed E-state index contributed by atoms with van der Waals surface area (Å²) in [5.74, 6) is 0.744. The molecule has 2 aromatic heterocycles. The first-order valence-corrected chi connectivity index (χ1v) is 11.7. The predicted octanol–water partition coefficient (Wildman–Crippen LogP) is 4.88. The van der Waals surface area contributed by atoms with Crippen LogP contribution < -0.4 is 9.47 Å². The Morgan fingerprint density at radius 2 is 1.88 bits per heavy atom. The van der Waals surface area contributed by atoms with Crippen LogP contribution in [0.25, 0.3) is 21.8 Å². The number of hydrogen-bond donors (Lipinski definition) is 2. The largest absolute Gasteiger partial charge is 0.490 e. The molecule has 7 nitrogen and oxygen atoms in total. The van der Waals surface area contributed by atoms with Gasteiger partial charge in [-0.25, -0.2) is 4.39 Å². The van der Waals surface area contributed by atoms with Gasteiger partial charge in [0.1, 0.15) is 24.0 Å². The molecule has 0 radical (unpaired) electrons. The summed E-state index contributed by atoms with van der Waals surface area (Å²) < 4.78 is 26.9. The van der Waals surface area contributed by atoms with E-state index in [1.54, 1.807) is 24.3 Å². The van der Waals surface area contributed by atoms with Crippen molar-refractivity contribution in [3.8, 4) is 17.2 Å². The number of nitrogens with zero attached hydrogens (tertiary/aromatic N) is 3. The van der Waals surface area contributed by atoms with Crippen LogP contribution in [0.4, 0.5) is 4.39 Å². The van der Waals surface area contributed by atoms with Crippen LogP contribution in [0.1, 0.15) is 30.5 Å². The molecule has 0 spiro atoms. The first-order valence-electron chi connectivity index (χ1n) is 11.7. The molecule has 3 heterocycles. The third-order valence-corrected chi connectivity index (χ3v) is 6.30. The number of nitrogens with one attached hydrogen (secondary N) is 1. The molecule has 0 amide bonds. The summed E-state index contributed by atoms with van der Waals surface area (Å²) in [5, 5.41) is 19.9. The number of aromatic nitrogens is 3. The molecule has 5 rings (SSSR count). The van der Waals surface area contributed by atoms with Crippen LogP contribution in [0.2, 0.25) is 0 Å². The van der Waals surface area contributed by atoms with Gasteiger partial charge in [0.05, 0.1) is 6.20 Å². The first-order chi connectivity index (χ1) is 16.5. The van der Waals surface area contributed by atoms with Crippen LogP contribution in [0.15, 0.2) is 36.5 Å². The Kier molecular flexibility index (Phi) is 6.34. The van der Waals surface area contributed by atoms with Gasteiger partial charge < -0.3 is 24.5 Å². The van der Waals surface area contributed by atoms with E-state index in [0.717, 1.165) is 29.9 Å². The Morgan fingerprint density at radius 1 is 1.06 bits per heavy atom. The van der Waals surface area contributed by atoms with Crippen molar-refractivity contribution in [2.24, 2.45) is 0 Å². The minimum atomic E-state index is -0.566. The Balaban J connectivity index is 1.34. The quantitative estimate of drug-likeness (QED) is 0.405. The van der Waals surface area contributed by atoms with E-state index in [0.29, 0.717) is 34.3 Å². The Hall–Kier alpha value is -3.23. The molecule has 0 aliphatic carbocycles. The summed E-state index contributed by atoms with van der Waals surface area (Å²) in [6.07, 6.45) is 4.55. The third kappa shape index (κ3) is 4.69. The molecule has 4 aromatic rings. The second kappa shape index (κ2) is 9.56. The average Bonchev–Trinajstić information content (AvgIpc) is 3.22. The molecule has 2 N–H and O–H groups in total. The van der Waals surface area contributed by atoms with Gasteiger partial charge in [-0.2, -0.15) is 10.2 Å². The number of benzene rings is 2. The van der Waals surface area contributed by atoms with Gasteiger partial charge in [0.15, 0.2) is 17.3 Å². The molecular formula is C26H29FN4O3. The van der Waals surface area contributed by atoms with E-state index in [9.17, 15) is 5.11 Å². The molecule has 1 aliphatic heterocycles. The Morgan fingerprint density at radius 3 is 2.71 bits per heavy atom. The van der Waals surface area contributed by atoms with Crippen molar-refractivity contribution in [3.05, 3.63) is 53.6 Å². The lowest BCUT2D eigenvalue weighted by Crippen LogP contribution is -2.38. The molecule has 1 fully saturated rings. The van der Waals surface area contributed by atoms with Gasteiger partial charge in [-0.15, -0.1) is 0 Å². The summed E-state index contributed by atoms with van der Waals surface area (Å²) >= 11 is 0. The van der Waals surface area contributed by atoms with E-state index in [1.165, 1.54) is 25.5 Å². The second-order valence-electron chi connectivity index (χ2n) is 9.06. The number of hydrogen-bond acceptors (Lipinski definition) is 6. The smallest absolute Gasteiger partial charge is 0.175 e. The van der Waals surface area contributed by atoms with E-state index < -0.39 is 11.9 Å². The standard InChI is InChI=1S/C26H29FN4O3/c1-16-10-19-22(12-24(16)33-15-18(32)14-31-8-4-3-5-9-31)30-28-13-25(19)34-23-7-6-21-20(26(23)27)11-17(2)29-21/h6-7,10-13,18,29,32H,3-5,8-9,14-15H2,1-2H3. The number of aliphatic hydroxyl groups is 1. The fraction of sp³-hybridized carbons (Fsp3) is 0.385. The number of aliphatic hydroxyl groups excluding tert-OH is 1. The van der Waals surface area contributed by atoms with Gasteiger partial charge in [0, 0.05) is 34.6 Å². The van der Waals surface area contributed by atoms with Crippen LogP contribution in [-0.2, 0) is 0 Å². The molecule has 1 unspecified atom stereocenters. The van der Waals surface area contributed by atoms with Crippen LogP contribution in [-0.4, -0.2) is 57.5 Å². The molecule has 34 heavy (non-hydrogen) atoms. The molecule has 0 bridgehead atoms. The molecule has 1 saturated heterocycles. The second-order valence-corrected chi connectivity index (χ2v) is 9.06. The maximum atomic E-state index is 15.0. The van der Waals surface area contributed by atoms with Crippen LogP contribution in [0.5, 0.6) is 17.2 Å². The average molecular weight is 465 g/mol. The summed E-state index contributed by atoms with van der Waals surface area (Å²) in [6, 6.07) is 8.83. The van der Waals surface area contributed by atoms with E-state index in [-0.39, 0.29) is 12.4 Å². The van der Waals surface area contributed by atoms with E-state index in [1.807, 2.05) is 19.9 Å². The number of ether oxygens (including phenoxy) is 2. The number of fused-ring (bicyclic) bond motifs is 2. The van der Waals surface area contributed by atoms with Crippen molar-refractivity contribution in [1.82, 2.24) is 20.1 Å². The van der Waals surface area contributed by atoms with Crippen molar-refractivity contribution < 1.29 is 19.0 Å². The fourth-order valence-corrected chi connectivity index (χ4v) is 4.57. The zero-order valence-electron chi connectivity index (χ0n) is 19.5. The number of piperidine rings is 1. The highest BCUT2D eigenvalue weighted by Crippen LogP contribution is 2.35. The molecular weight excluding hydrogens is 435 g/mol. The van der Waals surface area contributed by atoms with Crippen LogP contribution in [0.3, 0.4) is 0 Å². The topological polar surface area (TPSA) is 83.5 Å². The van der Waals surface area contributed by atoms with Gasteiger partial charge in [0.25, 0.3) is 0 Å². The minimum absolute atomic E-state index is 0.125. The number of halogens is 1. The van der Waals surface area contributed by atoms with Crippen molar-refractivity contribution in [1.29, 1.82) is 0 Å². The van der Waals surface area contributed by atoms with E-state index in [4.69, 9.17) is 9.47 Å². The highest BCUT2D eigenvalue weighted by molar-refractivity contribution is 5.87. The zero-order chi connectivity index (χ0) is 23.7. The molecule has 8 heteroatoms. The SMILES string of the molecule is Cc1cc2c(F)c(Oc3cnnc4cc(OCC(O)CN5CCCCC5)c(C)cc34)ccc2[nH]1. The fourth-order valence-electron chi connectivity index (χ4n) is 4.57. The molecule has 1 atom stereocenters. The number of β-amino-alcohol motifs (C(OH)–C–C–N with tert-alkyl or cyclic N) is 1. The molecule has 0 saturated carbocycles. The van der Waals surface area contributed by atoms with Crippen LogP contribution >= 0.6 is 0 Å². The number of likely N-dealkylation sites (tertiary alicyclic amines) is 1. The lowest BCUT2D eigenvalue weighted by molar-refractivity contribution is 0.0615.